The number of H-pyrrole nitrogens is 1. The molecule has 3 N–H and O–H groups in total. The molecule has 2 aromatic rings. The summed E-state index contributed by atoms with van der Waals surface area (Å²) in [7, 11) is 2.07. The van der Waals surface area contributed by atoms with E-state index in [2.05, 4.69) is 30.8 Å². The van der Waals surface area contributed by atoms with Crippen LogP contribution in [0.4, 0.5) is 0 Å². The summed E-state index contributed by atoms with van der Waals surface area (Å²) in [6, 6.07) is 5.75. The van der Waals surface area contributed by atoms with Crippen LogP contribution in [0, 0.1) is 5.41 Å². The first kappa shape index (κ1) is 13.8. The number of nitrogens with zero attached hydrogens (tertiary/aromatic N) is 1. The van der Waals surface area contributed by atoms with Gasteiger partial charge in [0.15, 0.2) is 5.58 Å². The molecule has 0 bridgehead atoms. The Morgan fingerprint density at radius 2 is 2.16 bits per heavy atom. The van der Waals surface area contributed by atoms with Gasteiger partial charge in [-0.2, -0.15) is 0 Å². The van der Waals surface area contributed by atoms with Crippen molar-refractivity contribution in [1.29, 1.82) is 0 Å². The summed E-state index contributed by atoms with van der Waals surface area (Å²) < 4.78 is 4.98. The van der Waals surface area contributed by atoms with Crippen LogP contribution in [0.1, 0.15) is 19.4 Å². The SMILES string of the molecule is CN(Cc1ccc2oc(=O)[nH]c2c1)CC(C)(C)CN. The van der Waals surface area contributed by atoms with E-state index in [1.54, 1.807) is 0 Å². The molecule has 2 rings (SSSR count). The minimum absolute atomic E-state index is 0.100. The first-order valence-electron chi connectivity index (χ1n) is 6.40. The number of nitrogens with two attached hydrogens (primary N) is 1. The van der Waals surface area contributed by atoms with E-state index in [-0.39, 0.29) is 5.41 Å². The molecule has 1 heterocycles. The van der Waals surface area contributed by atoms with Gasteiger partial charge in [-0.1, -0.05) is 19.9 Å². The maximum Gasteiger partial charge on any atom is 0.417 e. The highest BCUT2D eigenvalue weighted by atomic mass is 16.4. The van der Waals surface area contributed by atoms with Gasteiger partial charge in [0.05, 0.1) is 5.52 Å². The molecule has 0 amide bonds. The molecule has 5 heteroatoms. The zero-order valence-electron chi connectivity index (χ0n) is 11.7. The molecule has 0 fully saturated rings. The first-order valence-corrected chi connectivity index (χ1v) is 6.40. The normalized spacial score (nSPS) is 12.5. The highest BCUT2D eigenvalue weighted by molar-refractivity contribution is 5.72. The molecule has 0 radical (unpaired) electrons. The van der Waals surface area contributed by atoms with E-state index in [0.29, 0.717) is 12.1 Å². The van der Waals surface area contributed by atoms with Gasteiger partial charge in [-0.3, -0.25) is 4.98 Å². The van der Waals surface area contributed by atoms with Crippen LogP contribution in [0.15, 0.2) is 27.4 Å². The van der Waals surface area contributed by atoms with Crippen LogP contribution in [0.5, 0.6) is 0 Å². The van der Waals surface area contributed by atoms with Gasteiger partial charge < -0.3 is 15.1 Å². The number of fused-ring (bicyclic) bond motifs is 1. The fourth-order valence-electron chi connectivity index (χ4n) is 2.26. The predicted molar refractivity (Wildman–Crippen MR) is 76.0 cm³/mol. The molecule has 19 heavy (non-hydrogen) atoms. The zero-order valence-corrected chi connectivity index (χ0v) is 11.7. The second-order valence-corrected chi connectivity index (χ2v) is 5.89. The lowest BCUT2D eigenvalue weighted by atomic mass is 9.93. The molecular formula is C14H21N3O2. The Morgan fingerprint density at radius 1 is 1.42 bits per heavy atom. The smallest absolute Gasteiger partial charge is 0.408 e. The van der Waals surface area contributed by atoms with E-state index in [0.717, 1.165) is 24.2 Å². The standard InChI is InChI=1S/C14H21N3O2/c1-14(2,8-15)9-17(3)7-10-4-5-12-11(6-10)16-13(18)19-12/h4-6H,7-9,15H2,1-3H3,(H,16,18). The van der Waals surface area contributed by atoms with Crippen LogP contribution >= 0.6 is 0 Å². The largest absolute Gasteiger partial charge is 0.417 e. The summed E-state index contributed by atoms with van der Waals surface area (Å²) in [5, 5.41) is 0. The van der Waals surface area contributed by atoms with Crippen LogP contribution in [-0.4, -0.2) is 30.0 Å². The summed E-state index contributed by atoms with van der Waals surface area (Å²) >= 11 is 0. The highest BCUT2D eigenvalue weighted by Gasteiger charge is 2.18. The molecule has 104 valence electrons. The first-order chi connectivity index (χ1) is 8.89. The topological polar surface area (TPSA) is 75.3 Å². The van der Waals surface area contributed by atoms with Crippen molar-refractivity contribution in [3.05, 3.63) is 34.3 Å². The zero-order chi connectivity index (χ0) is 14.0. The average Bonchev–Trinajstić information content (AvgIpc) is 2.67. The Kier molecular flexibility index (Phi) is 3.78. The lowest BCUT2D eigenvalue weighted by Gasteiger charge is -2.29. The minimum atomic E-state index is -0.412. The number of benzene rings is 1. The third kappa shape index (κ3) is 3.45. The number of nitrogens with one attached hydrogen (secondary N) is 1. The van der Waals surface area contributed by atoms with Gasteiger partial charge in [-0.25, -0.2) is 4.79 Å². The number of hydrogen-bond acceptors (Lipinski definition) is 4. The molecule has 1 aromatic heterocycles. The summed E-state index contributed by atoms with van der Waals surface area (Å²) in [6.07, 6.45) is 0. The quantitative estimate of drug-likeness (QED) is 0.858. The molecule has 0 aliphatic rings. The summed E-state index contributed by atoms with van der Waals surface area (Å²) in [4.78, 5) is 16.0. The van der Waals surface area contributed by atoms with Gasteiger partial charge in [0.2, 0.25) is 0 Å². The number of rotatable bonds is 5. The van der Waals surface area contributed by atoms with Crippen molar-refractivity contribution < 1.29 is 4.42 Å². The van der Waals surface area contributed by atoms with Crippen molar-refractivity contribution in [2.24, 2.45) is 11.1 Å². The van der Waals surface area contributed by atoms with Crippen LogP contribution < -0.4 is 11.5 Å². The van der Waals surface area contributed by atoms with Gasteiger partial charge in [0, 0.05) is 13.1 Å². The van der Waals surface area contributed by atoms with Gasteiger partial charge in [-0.05, 0) is 36.7 Å². The number of oxazole rings is 1. The second-order valence-electron chi connectivity index (χ2n) is 5.89. The molecule has 0 saturated carbocycles. The van der Waals surface area contributed by atoms with Crippen LogP contribution in [-0.2, 0) is 6.54 Å². The van der Waals surface area contributed by atoms with Crippen molar-refractivity contribution >= 4 is 11.1 Å². The predicted octanol–water partition coefficient (Wildman–Crippen LogP) is 1.54. The van der Waals surface area contributed by atoms with Crippen molar-refractivity contribution in [3.8, 4) is 0 Å². The molecule has 0 aliphatic carbocycles. The second kappa shape index (κ2) is 5.19. The van der Waals surface area contributed by atoms with Crippen LogP contribution in [0.25, 0.3) is 11.1 Å². The third-order valence-electron chi connectivity index (χ3n) is 3.19. The van der Waals surface area contributed by atoms with Gasteiger partial charge >= 0.3 is 5.76 Å². The molecule has 0 aliphatic heterocycles. The fourth-order valence-corrected chi connectivity index (χ4v) is 2.26. The van der Waals surface area contributed by atoms with E-state index in [4.69, 9.17) is 10.2 Å². The molecule has 0 unspecified atom stereocenters. The highest BCUT2D eigenvalue weighted by Crippen LogP contribution is 2.17. The summed E-state index contributed by atoms with van der Waals surface area (Å²) in [5.74, 6) is -0.412. The molecule has 0 saturated heterocycles. The van der Waals surface area contributed by atoms with E-state index >= 15 is 0 Å². The summed E-state index contributed by atoms with van der Waals surface area (Å²) in [6.45, 7) is 6.70. The maximum absolute atomic E-state index is 11.1. The van der Waals surface area contributed by atoms with Crippen LogP contribution in [0.3, 0.4) is 0 Å². The van der Waals surface area contributed by atoms with E-state index < -0.39 is 5.76 Å². The van der Waals surface area contributed by atoms with E-state index in [1.165, 1.54) is 0 Å². The molecule has 0 atom stereocenters. The van der Waals surface area contributed by atoms with Gasteiger partial charge in [0.1, 0.15) is 0 Å². The molecular weight excluding hydrogens is 242 g/mol. The van der Waals surface area contributed by atoms with E-state index in [9.17, 15) is 4.79 Å². The Labute approximate surface area is 112 Å². The number of aromatic amines is 1. The lowest BCUT2D eigenvalue weighted by molar-refractivity contribution is 0.210. The molecule has 0 spiro atoms. The Morgan fingerprint density at radius 3 is 2.84 bits per heavy atom. The fraction of sp³-hybridized carbons (Fsp3) is 0.500. The number of aromatic nitrogens is 1. The minimum Gasteiger partial charge on any atom is -0.408 e. The average molecular weight is 263 g/mol. The van der Waals surface area contributed by atoms with Crippen molar-refractivity contribution in [2.45, 2.75) is 20.4 Å². The Balaban J connectivity index is 2.10. The lowest BCUT2D eigenvalue weighted by Crippen LogP contribution is -2.36. The van der Waals surface area contributed by atoms with Crippen molar-refractivity contribution in [3.63, 3.8) is 0 Å². The third-order valence-corrected chi connectivity index (χ3v) is 3.19. The summed E-state index contributed by atoms with van der Waals surface area (Å²) in [5.41, 5.74) is 8.33. The monoisotopic (exact) mass is 263 g/mol. The van der Waals surface area contributed by atoms with Crippen molar-refractivity contribution in [1.82, 2.24) is 9.88 Å². The van der Waals surface area contributed by atoms with Crippen LogP contribution in [0.2, 0.25) is 0 Å². The maximum atomic E-state index is 11.1. The van der Waals surface area contributed by atoms with Gasteiger partial charge in [-0.15, -0.1) is 0 Å². The van der Waals surface area contributed by atoms with Crippen molar-refractivity contribution in [2.75, 3.05) is 20.1 Å². The Bertz CT molecular complexity index is 612. The van der Waals surface area contributed by atoms with Gasteiger partial charge in [0.25, 0.3) is 0 Å². The van der Waals surface area contributed by atoms with E-state index in [1.807, 2.05) is 18.2 Å². The molecule has 1 aromatic carbocycles. The Hall–Kier alpha value is -1.59. The molecule has 5 nitrogen and oxygen atoms in total. The number of hydrogen-bond donors (Lipinski definition) is 2.